The zero-order valence-corrected chi connectivity index (χ0v) is 19.1. The molecule has 0 spiro atoms. The number of ether oxygens (including phenoxy) is 1. The van der Waals surface area contributed by atoms with Gasteiger partial charge in [0, 0.05) is 21.7 Å². The van der Waals surface area contributed by atoms with Gasteiger partial charge in [0.15, 0.2) is 5.78 Å². The van der Waals surface area contributed by atoms with Crippen molar-refractivity contribution < 1.29 is 14.3 Å². The molecule has 3 rings (SSSR count). The molecular weight excluding hydrogens is 406 g/mol. The van der Waals surface area contributed by atoms with Crippen molar-refractivity contribution in [1.82, 2.24) is 0 Å². The van der Waals surface area contributed by atoms with Crippen LogP contribution < -0.4 is 10.1 Å². The summed E-state index contributed by atoms with van der Waals surface area (Å²) in [5.41, 5.74) is 3.00. The van der Waals surface area contributed by atoms with Crippen LogP contribution in [0.15, 0.2) is 77.7 Å². The Labute approximate surface area is 188 Å². The first-order valence-corrected chi connectivity index (χ1v) is 11.1. The average Bonchev–Trinajstić information content (AvgIpc) is 2.77. The fourth-order valence-corrected chi connectivity index (χ4v) is 3.74. The average molecular weight is 434 g/mol. The lowest BCUT2D eigenvalue weighted by atomic mass is 9.86. The summed E-state index contributed by atoms with van der Waals surface area (Å²) in [5.74, 6) is 0.867. The van der Waals surface area contributed by atoms with Crippen LogP contribution in [0.5, 0.6) is 5.75 Å². The lowest BCUT2D eigenvalue weighted by Gasteiger charge is -2.19. The van der Waals surface area contributed by atoms with Gasteiger partial charge in [0.05, 0.1) is 12.9 Å². The first kappa shape index (κ1) is 22.6. The van der Waals surface area contributed by atoms with Crippen molar-refractivity contribution in [3.05, 3.63) is 89.5 Å². The molecule has 0 fully saturated rings. The number of carbonyl (C=O) groups excluding carboxylic acids is 2. The minimum Gasteiger partial charge on any atom is -0.497 e. The first-order valence-electron chi connectivity index (χ1n) is 10.1. The van der Waals surface area contributed by atoms with Gasteiger partial charge in [0.2, 0.25) is 5.91 Å². The highest BCUT2D eigenvalue weighted by molar-refractivity contribution is 8.00. The second-order valence-electron chi connectivity index (χ2n) is 8.25. The van der Waals surface area contributed by atoms with Gasteiger partial charge in [-0.1, -0.05) is 57.2 Å². The molecule has 3 aromatic rings. The van der Waals surface area contributed by atoms with Gasteiger partial charge in [0.1, 0.15) is 5.75 Å². The Hall–Kier alpha value is -3.05. The van der Waals surface area contributed by atoms with Crippen LogP contribution in [-0.2, 0) is 10.2 Å². The van der Waals surface area contributed by atoms with Gasteiger partial charge >= 0.3 is 0 Å². The molecule has 4 nitrogen and oxygen atoms in total. The van der Waals surface area contributed by atoms with Gasteiger partial charge in [-0.15, -0.1) is 11.8 Å². The highest BCUT2D eigenvalue weighted by atomic mass is 32.2. The van der Waals surface area contributed by atoms with Gasteiger partial charge in [-0.05, 0) is 47.4 Å². The molecule has 0 unspecified atom stereocenters. The maximum Gasteiger partial charge on any atom is 0.234 e. The quantitative estimate of drug-likeness (QED) is 0.369. The number of thioether (sulfide) groups is 1. The Balaban J connectivity index is 1.62. The Morgan fingerprint density at radius 3 is 2.19 bits per heavy atom. The molecule has 3 aromatic carbocycles. The van der Waals surface area contributed by atoms with Crippen molar-refractivity contribution in [3.8, 4) is 5.75 Å². The lowest BCUT2D eigenvalue weighted by Crippen LogP contribution is -2.14. The highest BCUT2D eigenvalue weighted by Gasteiger charge is 2.15. The predicted octanol–water partition coefficient (Wildman–Crippen LogP) is 5.95. The maximum absolute atomic E-state index is 12.9. The second-order valence-corrected chi connectivity index (χ2v) is 9.30. The third kappa shape index (κ3) is 6.22. The van der Waals surface area contributed by atoms with Crippen molar-refractivity contribution in [3.63, 3.8) is 0 Å². The summed E-state index contributed by atoms with van der Waals surface area (Å²) in [6.07, 6.45) is 0. The van der Waals surface area contributed by atoms with Gasteiger partial charge in [-0.2, -0.15) is 0 Å². The van der Waals surface area contributed by atoms with E-state index in [9.17, 15) is 9.59 Å². The Kier molecular flexibility index (Phi) is 7.18. The number of amides is 1. The molecule has 0 aliphatic rings. The number of carbonyl (C=O) groups is 2. The van der Waals surface area contributed by atoms with E-state index in [2.05, 4.69) is 26.1 Å². The van der Waals surface area contributed by atoms with E-state index in [1.54, 1.807) is 31.4 Å². The van der Waals surface area contributed by atoms with Crippen LogP contribution in [0.25, 0.3) is 0 Å². The van der Waals surface area contributed by atoms with Crippen LogP contribution >= 0.6 is 11.8 Å². The fraction of sp³-hybridized carbons (Fsp3) is 0.231. The van der Waals surface area contributed by atoms with E-state index >= 15 is 0 Å². The number of methoxy groups -OCH3 is 1. The third-order valence-electron chi connectivity index (χ3n) is 4.85. The van der Waals surface area contributed by atoms with E-state index in [-0.39, 0.29) is 22.9 Å². The van der Waals surface area contributed by atoms with Crippen LogP contribution in [0.4, 0.5) is 5.69 Å². The van der Waals surface area contributed by atoms with E-state index in [1.165, 1.54) is 17.3 Å². The molecule has 31 heavy (non-hydrogen) atoms. The largest absolute Gasteiger partial charge is 0.497 e. The van der Waals surface area contributed by atoms with E-state index in [4.69, 9.17) is 4.74 Å². The minimum atomic E-state index is -0.125. The SMILES string of the molecule is COc1ccc(SCC(=O)Nc2cccc(C(=O)c3ccc(C(C)(C)C)cc3)c2)cc1. The van der Waals surface area contributed by atoms with Crippen molar-refractivity contribution in [2.45, 2.75) is 31.1 Å². The molecule has 160 valence electrons. The number of benzene rings is 3. The smallest absolute Gasteiger partial charge is 0.234 e. The van der Waals surface area contributed by atoms with Crippen molar-refractivity contribution >= 4 is 29.1 Å². The number of rotatable bonds is 7. The first-order chi connectivity index (χ1) is 14.8. The Morgan fingerprint density at radius 1 is 0.903 bits per heavy atom. The summed E-state index contributed by atoms with van der Waals surface area (Å²) < 4.78 is 5.14. The molecule has 0 heterocycles. The van der Waals surface area contributed by atoms with E-state index < -0.39 is 0 Å². The molecule has 0 bridgehead atoms. The van der Waals surface area contributed by atoms with Crippen molar-refractivity contribution in [1.29, 1.82) is 0 Å². The van der Waals surface area contributed by atoms with Gasteiger partial charge in [0.25, 0.3) is 0 Å². The topological polar surface area (TPSA) is 55.4 Å². The summed E-state index contributed by atoms with van der Waals surface area (Å²) in [4.78, 5) is 26.2. The summed E-state index contributed by atoms with van der Waals surface area (Å²) in [6, 6.07) is 22.3. The zero-order chi connectivity index (χ0) is 22.4. The molecule has 0 aliphatic carbocycles. The van der Waals surface area contributed by atoms with Crippen LogP contribution in [0, 0.1) is 0 Å². The predicted molar refractivity (Wildman–Crippen MR) is 127 cm³/mol. The fourth-order valence-electron chi connectivity index (χ4n) is 3.04. The molecule has 0 saturated heterocycles. The van der Waals surface area contributed by atoms with Gasteiger partial charge in [-0.25, -0.2) is 0 Å². The van der Waals surface area contributed by atoms with E-state index in [0.29, 0.717) is 16.8 Å². The summed E-state index contributed by atoms with van der Waals surface area (Å²) in [5, 5.41) is 2.87. The van der Waals surface area contributed by atoms with E-state index in [1.807, 2.05) is 48.5 Å². The molecule has 1 N–H and O–H groups in total. The van der Waals surface area contributed by atoms with Crippen LogP contribution in [0.3, 0.4) is 0 Å². The highest BCUT2D eigenvalue weighted by Crippen LogP contribution is 2.24. The van der Waals surface area contributed by atoms with Crippen LogP contribution in [-0.4, -0.2) is 24.6 Å². The van der Waals surface area contributed by atoms with E-state index in [0.717, 1.165) is 10.6 Å². The van der Waals surface area contributed by atoms with Gasteiger partial charge < -0.3 is 10.1 Å². The Morgan fingerprint density at radius 2 is 1.58 bits per heavy atom. The number of ketones is 1. The van der Waals surface area contributed by atoms with Gasteiger partial charge in [-0.3, -0.25) is 9.59 Å². The van der Waals surface area contributed by atoms with Crippen LogP contribution in [0.1, 0.15) is 42.3 Å². The van der Waals surface area contributed by atoms with Crippen LogP contribution in [0.2, 0.25) is 0 Å². The molecular formula is C26H27NO3S. The minimum absolute atomic E-state index is 0.0373. The molecule has 1 amide bonds. The molecule has 0 aromatic heterocycles. The summed E-state index contributed by atoms with van der Waals surface area (Å²) in [7, 11) is 1.62. The molecule has 5 heteroatoms. The second kappa shape index (κ2) is 9.84. The molecule has 0 radical (unpaired) electrons. The normalized spacial score (nSPS) is 11.1. The zero-order valence-electron chi connectivity index (χ0n) is 18.3. The summed E-state index contributed by atoms with van der Waals surface area (Å²) >= 11 is 1.44. The number of nitrogens with one attached hydrogen (secondary N) is 1. The summed E-state index contributed by atoms with van der Waals surface area (Å²) in [6.45, 7) is 6.43. The standard InChI is InChI=1S/C26H27NO3S/c1-26(2,3)20-10-8-18(9-11-20)25(29)19-6-5-7-21(16-19)27-24(28)17-31-23-14-12-22(30-4)13-15-23/h5-16H,17H2,1-4H3,(H,27,28). The number of hydrogen-bond donors (Lipinski definition) is 1. The maximum atomic E-state index is 12.9. The Bertz CT molecular complexity index is 1050. The lowest BCUT2D eigenvalue weighted by molar-refractivity contribution is -0.113. The monoisotopic (exact) mass is 433 g/mol. The third-order valence-corrected chi connectivity index (χ3v) is 5.86. The number of hydrogen-bond acceptors (Lipinski definition) is 4. The van der Waals surface area contributed by atoms with Crippen molar-refractivity contribution in [2.24, 2.45) is 0 Å². The molecule has 0 saturated carbocycles. The van der Waals surface area contributed by atoms with Crippen molar-refractivity contribution in [2.75, 3.05) is 18.2 Å². The molecule has 0 aliphatic heterocycles. The number of anilines is 1. The molecule has 0 atom stereocenters.